The zero-order valence-electron chi connectivity index (χ0n) is 12.2. The van der Waals surface area contributed by atoms with Gasteiger partial charge in [-0.1, -0.05) is 35.9 Å². The first-order valence-electron chi connectivity index (χ1n) is 7.65. The topological polar surface area (TPSA) is 15.3 Å². The van der Waals surface area contributed by atoms with E-state index in [-0.39, 0.29) is 0 Å². The molecule has 0 atom stereocenters. The number of anilines is 2. The van der Waals surface area contributed by atoms with Crippen LogP contribution < -0.4 is 10.2 Å². The van der Waals surface area contributed by atoms with Crippen LogP contribution >= 0.6 is 11.6 Å². The lowest BCUT2D eigenvalue weighted by atomic mass is 10.1. The smallest absolute Gasteiger partial charge is 0.0426 e. The summed E-state index contributed by atoms with van der Waals surface area (Å²) in [6.07, 6.45) is 3.76. The Bertz CT molecular complexity index is 597. The largest absolute Gasteiger partial charge is 0.383 e. The first-order valence-corrected chi connectivity index (χ1v) is 8.03. The highest BCUT2D eigenvalue weighted by molar-refractivity contribution is 6.30. The molecule has 1 aliphatic heterocycles. The lowest BCUT2D eigenvalue weighted by Crippen LogP contribution is -2.29. The van der Waals surface area contributed by atoms with E-state index in [1.54, 1.807) is 0 Å². The fraction of sp³-hybridized carbons (Fsp3) is 0.333. The summed E-state index contributed by atoms with van der Waals surface area (Å²) in [5.41, 5.74) is 3.98. The van der Waals surface area contributed by atoms with Gasteiger partial charge in [0.25, 0.3) is 0 Å². The Balaban J connectivity index is 1.62. The Morgan fingerprint density at radius 2 is 1.95 bits per heavy atom. The number of para-hydroxylation sites is 1. The third-order valence-electron chi connectivity index (χ3n) is 3.99. The molecule has 0 aromatic heterocycles. The van der Waals surface area contributed by atoms with Crippen molar-refractivity contribution in [2.45, 2.75) is 19.3 Å². The van der Waals surface area contributed by atoms with Gasteiger partial charge in [0.1, 0.15) is 0 Å². The van der Waals surface area contributed by atoms with E-state index >= 15 is 0 Å². The minimum Gasteiger partial charge on any atom is -0.383 e. The van der Waals surface area contributed by atoms with Gasteiger partial charge in [-0.05, 0) is 49.1 Å². The summed E-state index contributed by atoms with van der Waals surface area (Å²) >= 11 is 6.01. The average molecular weight is 301 g/mol. The molecule has 0 spiro atoms. The Labute approximate surface area is 131 Å². The van der Waals surface area contributed by atoms with Gasteiger partial charge in [0, 0.05) is 36.0 Å². The summed E-state index contributed by atoms with van der Waals surface area (Å²) in [7, 11) is 0. The number of aryl methyl sites for hydroxylation is 1. The number of nitrogens with zero attached hydrogens (tertiary/aromatic N) is 1. The molecular weight excluding hydrogens is 280 g/mol. The molecule has 3 rings (SSSR count). The number of fused-ring (bicyclic) bond motifs is 1. The Morgan fingerprint density at radius 1 is 1.05 bits per heavy atom. The van der Waals surface area contributed by atoms with E-state index in [2.05, 4.69) is 40.5 Å². The van der Waals surface area contributed by atoms with E-state index in [0.717, 1.165) is 30.3 Å². The Kier molecular flexibility index (Phi) is 4.66. The van der Waals surface area contributed by atoms with E-state index in [1.165, 1.54) is 30.5 Å². The second-order valence-electron chi connectivity index (χ2n) is 5.51. The van der Waals surface area contributed by atoms with E-state index < -0.39 is 0 Å². The number of nitrogens with one attached hydrogen (secondary N) is 1. The maximum atomic E-state index is 6.01. The Morgan fingerprint density at radius 3 is 2.86 bits per heavy atom. The minimum absolute atomic E-state index is 0.778. The van der Waals surface area contributed by atoms with Crippen LogP contribution in [0.15, 0.2) is 48.5 Å². The number of halogens is 1. The number of benzene rings is 2. The van der Waals surface area contributed by atoms with E-state index in [4.69, 9.17) is 11.6 Å². The molecule has 1 aliphatic rings. The van der Waals surface area contributed by atoms with Crippen LogP contribution in [0.25, 0.3) is 0 Å². The van der Waals surface area contributed by atoms with Gasteiger partial charge < -0.3 is 10.2 Å². The summed E-state index contributed by atoms with van der Waals surface area (Å²) < 4.78 is 0. The highest BCUT2D eigenvalue weighted by Crippen LogP contribution is 2.25. The average Bonchev–Trinajstić information content (AvgIpc) is 2.70. The predicted molar refractivity (Wildman–Crippen MR) is 91.5 cm³/mol. The second-order valence-corrected chi connectivity index (χ2v) is 5.95. The molecule has 0 saturated carbocycles. The molecular formula is C18H21ClN2. The van der Waals surface area contributed by atoms with Crippen LogP contribution in [0.2, 0.25) is 5.02 Å². The highest BCUT2D eigenvalue weighted by atomic mass is 35.5. The van der Waals surface area contributed by atoms with Crippen molar-refractivity contribution in [2.75, 3.05) is 29.9 Å². The number of hydrogen-bond donors (Lipinski definition) is 1. The third-order valence-corrected chi connectivity index (χ3v) is 4.23. The molecule has 1 N–H and O–H groups in total. The van der Waals surface area contributed by atoms with Crippen molar-refractivity contribution in [3.8, 4) is 0 Å². The van der Waals surface area contributed by atoms with Crippen LogP contribution in [0.4, 0.5) is 11.4 Å². The summed E-state index contributed by atoms with van der Waals surface area (Å²) in [4.78, 5) is 2.50. The minimum atomic E-state index is 0.778. The van der Waals surface area contributed by atoms with Crippen molar-refractivity contribution >= 4 is 23.0 Å². The molecule has 2 nitrogen and oxygen atoms in total. The maximum Gasteiger partial charge on any atom is 0.0426 e. The van der Waals surface area contributed by atoms with Gasteiger partial charge in [-0.25, -0.2) is 0 Å². The first kappa shape index (κ1) is 14.3. The van der Waals surface area contributed by atoms with Crippen molar-refractivity contribution in [3.63, 3.8) is 0 Å². The normalized spacial score (nSPS) is 14.4. The standard InChI is InChI=1S/C18H21ClN2/c19-16-8-5-9-17(14-16)20-11-13-21-12-4-3-7-15-6-1-2-10-18(15)21/h1-2,5-6,8-10,14,20H,3-4,7,11-13H2. The van der Waals surface area contributed by atoms with Crippen molar-refractivity contribution in [1.82, 2.24) is 0 Å². The van der Waals surface area contributed by atoms with Crippen molar-refractivity contribution in [1.29, 1.82) is 0 Å². The van der Waals surface area contributed by atoms with Crippen LogP contribution in [0.5, 0.6) is 0 Å². The molecule has 3 heteroatoms. The zero-order chi connectivity index (χ0) is 14.5. The van der Waals surface area contributed by atoms with Crippen molar-refractivity contribution in [3.05, 3.63) is 59.1 Å². The number of rotatable bonds is 4. The molecule has 110 valence electrons. The maximum absolute atomic E-state index is 6.01. The summed E-state index contributed by atoms with van der Waals surface area (Å²) in [6.45, 7) is 3.09. The fourth-order valence-corrected chi connectivity index (χ4v) is 3.13. The van der Waals surface area contributed by atoms with Crippen molar-refractivity contribution < 1.29 is 0 Å². The Hall–Kier alpha value is -1.67. The van der Waals surface area contributed by atoms with E-state index in [0.29, 0.717) is 0 Å². The molecule has 0 amide bonds. The fourth-order valence-electron chi connectivity index (χ4n) is 2.94. The molecule has 0 fully saturated rings. The first-order chi connectivity index (χ1) is 10.3. The van der Waals surface area contributed by atoms with Crippen LogP contribution in [-0.2, 0) is 6.42 Å². The molecule has 2 aromatic carbocycles. The summed E-state index contributed by atoms with van der Waals surface area (Å²) in [5, 5.41) is 4.24. The summed E-state index contributed by atoms with van der Waals surface area (Å²) in [6, 6.07) is 16.7. The van der Waals surface area contributed by atoms with Gasteiger partial charge in [0.15, 0.2) is 0 Å². The van der Waals surface area contributed by atoms with Gasteiger partial charge >= 0.3 is 0 Å². The molecule has 21 heavy (non-hydrogen) atoms. The van der Waals surface area contributed by atoms with Crippen LogP contribution in [0.3, 0.4) is 0 Å². The monoisotopic (exact) mass is 300 g/mol. The molecule has 1 heterocycles. The van der Waals surface area contributed by atoms with Gasteiger partial charge in [-0.2, -0.15) is 0 Å². The zero-order valence-corrected chi connectivity index (χ0v) is 12.9. The second kappa shape index (κ2) is 6.86. The lowest BCUT2D eigenvalue weighted by molar-refractivity contribution is 0.719. The van der Waals surface area contributed by atoms with E-state index in [9.17, 15) is 0 Å². The number of hydrogen-bond acceptors (Lipinski definition) is 2. The van der Waals surface area contributed by atoms with E-state index in [1.807, 2.05) is 18.2 Å². The quantitative estimate of drug-likeness (QED) is 0.888. The molecule has 0 aliphatic carbocycles. The highest BCUT2D eigenvalue weighted by Gasteiger charge is 2.13. The molecule has 2 aromatic rings. The molecule has 0 radical (unpaired) electrons. The molecule has 0 bridgehead atoms. The molecule has 0 unspecified atom stereocenters. The van der Waals surface area contributed by atoms with Gasteiger partial charge in [0.05, 0.1) is 0 Å². The van der Waals surface area contributed by atoms with Gasteiger partial charge in [0.2, 0.25) is 0 Å². The lowest BCUT2D eigenvalue weighted by Gasteiger charge is -2.25. The van der Waals surface area contributed by atoms with Gasteiger partial charge in [-0.15, -0.1) is 0 Å². The third kappa shape index (κ3) is 3.70. The molecule has 0 saturated heterocycles. The summed E-state index contributed by atoms with van der Waals surface area (Å²) in [5.74, 6) is 0. The van der Waals surface area contributed by atoms with Gasteiger partial charge in [-0.3, -0.25) is 0 Å². The van der Waals surface area contributed by atoms with Crippen molar-refractivity contribution in [2.24, 2.45) is 0 Å². The SMILES string of the molecule is Clc1cccc(NCCN2CCCCc3ccccc32)c1. The van der Waals surface area contributed by atoms with Crippen LogP contribution in [-0.4, -0.2) is 19.6 Å². The predicted octanol–water partition coefficient (Wildman–Crippen LogP) is 4.59. The van der Waals surface area contributed by atoms with Crippen LogP contribution in [0, 0.1) is 0 Å². The van der Waals surface area contributed by atoms with Crippen LogP contribution in [0.1, 0.15) is 18.4 Å².